The summed E-state index contributed by atoms with van der Waals surface area (Å²) in [6, 6.07) is 11.9. The number of benzene rings is 1. The minimum Gasteiger partial charge on any atom is -0.494 e. The number of nitrogens with zero attached hydrogens (tertiary/aromatic N) is 1. The van der Waals surface area contributed by atoms with Crippen LogP contribution in [0.15, 0.2) is 42.6 Å². The van der Waals surface area contributed by atoms with Gasteiger partial charge in [0.2, 0.25) is 0 Å². The topological polar surface area (TPSA) is 48.1 Å². The van der Waals surface area contributed by atoms with Gasteiger partial charge in [-0.3, -0.25) is 4.98 Å². The van der Waals surface area contributed by atoms with Gasteiger partial charge < -0.3 is 10.5 Å². The van der Waals surface area contributed by atoms with E-state index in [1.165, 1.54) is 0 Å². The van der Waals surface area contributed by atoms with Crippen molar-refractivity contribution in [2.24, 2.45) is 5.73 Å². The van der Waals surface area contributed by atoms with E-state index in [4.69, 9.17) is 10.5 Å². The molecule has 0 aliphatic heterocycles. The number of ether oxygens (including phenoxy) is 1. The van der Waals surface area contributed by atoms with Gasteiger partial charge in [-0.1, -0.05) is 18.2 Å². The van der Waals surface area contributed by atoms with Crippen molar-refractivity contribution in [3.63, 3.8) is 0 Å². The third-order valence-electron chi connectivity index (χ3n) is 2.56. The summed E-state index contributed by atoms with van der Waals surface area (Å²) < 4.78 is 5.41. The molecule has 17 heavy (non-hydrogen) atoms. The third kappa shape index (κ3) is 2.63. The highest BCUT2D eigenvalue weighted by atomic mass is 16.5. The maximum atomic E-state index is 5.68. The smallest absolute Gasteiger partial charge is 0.119 e. The van der Waals surface area contributed by atoms with E-state index in [-0.39, 0.29) is 0 Å². The van der Waals surface area contributed by atoms with Crippen molar-refractivity contribution < 1.29 is 4.74 Å². The molecule has 0 saturated heterocycles. The summed E-state index contributed by atoms with van der Waals surface area (Å²) in [5.74, 6) is 0.884. The Hall–Kier alpha value is -1.87. The number of nitrogens with two attached hydrogens (primary N) is 1. The Kier molecular flexibility index (Phi) is 3.73. The molecule has 1 heterocycles. The fourth-order valence-corrected chi connectivity index (χ4v) is 1.76. The minimum absolute atomic E-state index is 0.448. The zero-order valence-electron chi connectivity index (χ0n) is 9.89. The van der Waals surface area contributed by atoms with Gasteiger partial charge in [-0.2, -0.15) is 0 Å². The summed E-state index contributed by atoms with van der Waals surface area (Å²) in [4.78, 5) is 4.28. The summed E-state index contributed by atoms with van der Waals surface area (Å²) in [7, 11) is 0. The van der Waals surface area contributed by atoms with Gasteiger partial charge in [0.05, 0.1) is 12.3 Å². The first-order valence-electron chi connectivity index (χ1n) is 5.72. The van der Waals surface area contributed by atoms with E-state index in [0.29, 0.717) is 13.2 Å². The first-order valence-corrected chi connectivity index (χ1v) is 5.72. The highest BCUT2D eigenvalue weighted by Crippen LogP contribution is 2.24. The Balaban J connectivity index is 2.33. The highest BCUT2D eigenvalue weighted by molar-refractivity contribution is 5.66. The van der Waals surface area contributed by atoms with Crippen LogP contribution in [0.1, 0.15) is 12.6 Å². The monoisotopic (exact) mass is 228 g/mol. The van der Waals surface area contributed by atoms with Crippen LogP contribution in [0.2, 0.25) is 0 Å². The number of hydrogen-bond acceptors (Lipinski definition) is 3. The number of rotatable bonds is 4. The number of aromatic nitrogens is 1. The molecule has 0 unspecified atom stereocenters. The van der Waals surface area contributed by atoms with Crippen LogP contribution in [0.5, 0.6) is 5.75 Å². The molecule has 0 radical (unpaired) electrons. The van der Waals surface area contributed by atoms with Crippen LogP contribution in [0.3, 0.4) is 0 Å². The van der Waals surface area contributed by atoms with Crippen LogP contribution in [-0.4, -0.2) is 11.6 Å². The molecular weight excluding hydrogens is 212 g/mol. The Bertz CT molecular complexity index is 480. The fraction of sp³-hybridized carbons (Fsp3) is 0.214. The lowest BCUT2D eigenvalue weighted by Crippen LogP contribution is -2.01. The molecule has 1 aromatic heterocycles. The van der Waals surface area contributed by atoms with Crippen LogP contribution in [0.25, 0.3) is 11.1 Å². The van der Waals surface area contributed by atoms with Crippen LogP contribution < -0.4 is 10.5 Å². The van der Waals surface area contributed by atoms with Gasteiger partial charge in [-0.25, -0.2) is 0 Å². The van der Waals surface area contributed by atoms with E-state index in [1.54, 1.807) is 6.20 Å². The lowest BCUT2D eigenvalue weighted by molar-refractivity contribution is 0.340. The van der Waals surface area contributed by atoms with Crippen LogP contribution in [0, 0.1) is 0 Å². The molecule has 2 N–H and O–H groups in total. The normalized spacial score (nSPS) is 10.2. The second kappa shape index (κ2) is 5.46. The largest absolute Gasteiger partial charge is 0.494 e. The number of hydrogen-bond donors (Lipinski definition) is 1. The second-order valence-electron chi connectivity index (χ2n) is 3.66. The molecule has 0 fully saturated rings. The lowest BCUT2D eigenvalue weighted by atomic mass is 10.0. The Labute approximate surface area is 101 Å². The van der Waals surface area contributed by atoms with Crippen molar-refractivity contribution in [3.05, 3.63) is 48.3 Å². The number of pyridine rings is 1. The molecule has 88 valence electrons. The molecule has 3 heteroatoms. The molecule has 0 spiro atoms. The summed E-state index contributed by atoms with van der Waals surface area (Å²) in [5, 5.41) is 0. The molecule has 2 aromatic rings. The van der Waals surface area contributed by atoms with Gasteiger partial charge in [-0.15, -0.1) is 0 Å². The molecule has 0 amide bonds. The van der Waals surface area contributed by atoms with E-state index in [0.717, 1.165) is 22.6 Å². The van der Waals surface area contributed by atoms with E-state index < -0.39 is 0 Å². The van der Waals surface area contributed by atoms with E-state index in [1.807, 2.05) is 43.3 Å². The van der Waals surface area contributed by atoms with Crippen molar-refractivity contribution in [1.82, 2.24) is 4.98 Å². The average Bonchev–Trinajstić information content (AvgIpc) is 2.40. The Morgan fingerprint density at radius 1 is 1.18 bits per heavy atom. The standard InChI is InChI=1S/C14H16N2O/c1-2-17-12-7-5-11(6-8-12)13-4-3-9-16-14(13)10-15/h3-9H,2,10,15H2,1H3. The first kappa shape index (κ1) is 11.6. The quantitative estimate of drug-likeness (QED) is 0.875. The van der Waals surface area contributed by atoms with Crippen molar-refractivity contribution in [2.45, 2.75) is 13.5 Å². The minimum atomic E-state index is 0.448. The summed E-state index contributed by atoms with van der Waals surface area (Å²) in [6.45, 7) is 3.10. The maximum Gasteiger partial charge on any atom is 0.119 e. The van der Waals surface area contributed by atoms with E-state index >= 15 is 0 Å². The molecule has 1 aromatic carbocycles. The van der Waals surface area contributed by atoms with E-state index in [9.17, 15) is 0 Å². The van der Waals surface area contributed by atoms with Gasteiger partial charge in [0.25, 0.3) is 0 Å². The summed E-state index contributed by atoms with van der Waals surface area (Å²) in [5.41, 5.74) is 8.79. The van der Waals surface area contributed by atoms with Gasteiger partial charge in [-0.05, 0) is 30.7 Å². The van der Waals surface area contributed by atoms with Crippen LogP contribution in [0.4, 0.5) is 0 Å². The van der Waals surface area contributed by atoms with E-state index in [2.05, 4.69) is 4.98 Å². The second-order valence-corrected chi connectivity index (χ2v) is 3.66. The fourth-order valence-electron chi connectivity index (χ4n) is 1.76. The van der Waals surface area contributed by atoms with Crippen molar-refractivity contribution in [3.8, 4) is 16.9 Å². The van der Waals surface area contributed by atoms with Crippen LogP contribution >= 0.6 is 0 Å². The predicted octanol–water partition coefficient (Wildman–Crippen LogP) is 2.61. The van der Waals surface area contributed by atoms with Gasteiger partial charge in [0.1, 0.15) is 5.75 Å². The summed E-state index contributed by atoms with van der Waals surface area (Å²) >= 11 is 0. The Morgan fingerprint density at radius 2 is 1.94 bits per heavy atom. The van der Waals surface area contributed by atoms with Gasteiger partial charge in [0, 0.05) is 18.3 Å². The predicted molar refractivity (Wildman–Crippen MR) is 68.7 cm³/mol. The SMILES string of the molecule is CCOc1ccc(-c2cccnc2CN)cc1. The molecule has 3 nitrogen and oxygen atoms in total. The molecule has 0 bridgehead atoms. The van der Waals surface area contributed by atoms with Crippen molar-refractivity contribution in [2.75, 3.05) is 6.61 Å². The zero-order chi connectivity index (χ0) is 12.1. The average molecular weight is 228 g/mol. The van der Waals surface area contributed by atoms with Crippen molar-refractivity contribution >= 4 is 0 Å². The van der Waals surface area contributed by atoms with Crippen LogP contribution in [-0.2, 0) is 6.54 Å². The molecule has 0 aliphatic rings. The summed E-state index contributed by atoms with van der Waals surface area (Å²) in [6.07, 6.45) is 1.76. The van der Waals surface area contributed by atoms with Gasteiger partial charge in [0.15, 0.2) is 0 Å². The molecule has 2 rings (SSSR count). The Morgan fingerprint density at radius 3 is 2.59 bits per heavy atom. The maximum absolute atomic E-state index is 5.68. The molecule has 0 aliphatic carbocycles. The first-order chi connectivity index (χ1) is 8.35. The highest BCUT2D eigenvalue weighted by Gasteiger charge is 2.04. The lowest BCUT2D eigenvalue weighted by Gasteiger charge is -2.08. The van der Waals surface area contributed by atoms with Gasteiger partial charge >= 0.3 is 0 Å². The molecular formula is C14H16N2O. The van der Waals surface area contributed by atoms with Crippen molar-refractivity contribution in [1.29, 1.82) is 0 Å². The third-order valence-corrected chi connectivity index (χ3v) is 2.56. The zero-order valence-corrected chi connectivity index (χ0v) is 9.89. The molecule has 0 saturated carbocycles. The molecule has 0 atom stereocenters.